The standard InChI is InChI=1S/C26H30N2O2/c1-3-27(21-11-9-6-10-12-21)24-23(20-17-15-19(2)16-18-20)25(29)28(26(24)30)22-13-7-4-5-8-14-22/h6,9-12,15-18,22H,3-5,7-8,13-14H2,1-2H3. The van der Waals surface area contributed by atoms with Gasteiger partial charge in [0.25, 0.3) is 11.8 Å². The van der Waals surface area contributed by atoms with E-state index in [4.69, 9.17) is 0 Å². The van der Waals surface area contributed by atoms with E-state index in [1.165, 1.54) is 12.8 Å². The second kappa shape index (κ2) is 8.86. The highest BCUT2D eigenvalue weighted by atomic mass is 16.2. The van der Waals surface area contributed by atoms with Gasteiger partial charge in [-0.2, -0.15) is 0 Å². The zero-order valence-corrected chi connectivity index (χ0v) is 17.9. The van der Waals surface area contributed by atoms with Gasteiger partial charge in [-0.3, -0.25) is 14.5 Å². The van der Waals surface area contributed by atoms with E-state index in [1.807, 2.05) is 73.3 Å². The molecule has 156 valence electrons. The second-order valence-electron chi connectivity index (χ2n) is 8.30. The number of likely N-dealkylation sites (N-methyl/N-ethyl adjacent to an activating group) is 1. The first kappa shape index (κ1) is 20.4. The summed E-state index contributed by atoms with van der Waals surface area (Å²) in [5.41, 5.74) is 3.94. The number of anilines is 1. The third kappa shape index (κ3) is 3.79. The maximum atomic E-state index is 13.8. The van der Waals surface area contributed by atoms with Crippen molar-refractivity contribution in [1.82, 2.24) is 4.90 Å². The van der Waals surface area contributed by atoms with Crippen molar-refractivity contribution < 1.29 is 9.59 Å². The second-order valence-corrected chi connectivity index (χ2v) is 8.30. The normalized spacial score (nSPS) is 18.1. The van der Waals surface area contributed by atoms with Gasteiger partial charge in [0.05, 0.1) is 5.57 Å². The summed E-state index contributed by atoms with van der Waals surface area (Å²) in [5.74, 6) is -0.284. The molecule has 0 spiro atoms. The molecular weight excluding hydrogens is 372 g/mol. The van der Waals surface area contributed by atoms with Gasteiger partial charge in [-0.05, 0) is 44.4 Å². The molecular formula is C26H30N2O2. The quantitative estimate of drug-likeness (QED) is 0.502. The molecule has 2 amide bonds. The fourth-order valence-electron chi connectivity index (χ4n) is 4.69. The number of hydrogen-bond acceptors (Lipinski definition) is 3. The Hall–Kier alpha value is -2.88. The lowest BCUT2D eigenvalue weighted by Gasteiger charge is -2.28. The van der Waals surface area contributed by atoms with E-state index < -0.39 is 0 Å². The molecule has 2 aromatic rings. The third-order valence-electron chi connectivity index (χ3n) is 6.27. The van der Waals surface area contributed by atoms with Gasteiger partial charge in [0.2, 0.25) is 0 Å². The van der Waals surface area contributed by atoms with Crippen LogP contribution < -0.4 is 4.90 Å². The van der Waals surface area contributed by atoms with Crippen LogP contribution in [0.3, 0.4) is 0 Å². The van der Waals surface area contributed by atoms with Crippen LogP contribution >= 0.6 is 0 Å². The lowest BCUT2D eigenvalue weighted by Crippen LogP contribution is -2.42. The molecule has 0 atom stereocenters. The Balaban J connectivity index is 1.82. The summed E-state index contributed by atoms with van der Waals surface area (Å²) >= 11 is 0. The van der Waals surface area contributed by atoms with E-state index >= 15 is 0 Å². The molecule has 30 heavy (non-hydrogen) atoms. The Morgan fingerprint density at radius 1 is 0.867 bits per heavy atom. The first-order chi connectivity index (χ1) is 14.6. The summed E-state index contributed by atoms with van der Waals surface area (Å²) < 4.78 is 0. The molecule has 1 aliphatic carbocycles. The number of carbonyl (C=O) groups is 2. The zero-order valence-electron chi connectivity index (χ0n) is 17.9. The number of benzene rings is 2. The highest BCUT2D eigenvalue weighted by Gasteiger charge is 2.44. The van der Waals surface area contributed by atoms with Crippen LogP contribution in [0.1, 0.15) is 56.6 Å². The highest BCUT2D eigenvalue weighted by molar-refractivity contribution is 6.36. The molecule has 0 unspecified atom stereocenters. The largest absolute Gasteiger partial charge is 0.337 e. The molecule has 4 rings (SSSR count). The number of nitrogens with zero attached hydrogens (tertiary/aromatic N) is 2. The monoisotopic (exact) mass is 402 g/mol. The Morgan fingerprint density at radius 2 is 1.50 bits per heavy atom. The van der Waals surface area contributed by atoms with Crippen LogP contribution in [-0.2, 0) is 9.59 Å². The van der Waals surface area contributed by atoms with Gasteiger partial charge in [0.1, 0.15) is 5.70 Å². The van der Waals surface area contributed by atoms with E-state index in [0.29, 0.717) is 17.8 Å². The third-order valence-corrected chi connectivity index (χ3v) is 6.27. The average Bonchev–Trinajstić information content (AvgIpc) is 2.93. The van der Waals surface area contributed by atoms with Crippen molar-refractivity contribution in [2.24, 2.45) is 0 Å². The Bertz CT molecular complexity index is 939. The minimum atomic E-state index is -0.145. The summed E-state index contributed by atoms with van der Waals surface area (Å²) in [6.07, 6.45) is 6.33. The Morgan fingerprint density at radius 3 is 2.10 bits per heavy atom. The molecule has 4 nitrogen and oxygen atoms in total. The lowest BCUT2D eigenvalue weighted by molar-refractivity contribution is -0.139. The number of aryl methyl sites for hydroxylation is 1. The summed E-state index contributed by atoms with van der Waals surface area (Å²) in [7, 11) is 0. The number of imide groups is 1. The average molecular weight is 403 g/mol. The number of carbonyl (C=O) groups excluding carboxylic acids is 2. The highest BCUT2D eigenvalue weighted by Crippen LogP contribution is 2.37. The minimum absolute atomic E-state index is 0.0000668. The van der Waals surface area contributed by atoms with Crippen molar-refractivity contribution in [1.29, 1.82) is 0 Å². The van der Waals surface area contributed by atoms with E-state index in [1.54, 1.807) is 4.90 Å². The number of amides is 2. The van der Waals surface area contributed by atoms with Gasteiger partial charge in [0, 0.05) is 18.3 Å². The molecule has 1 fully saturated rings. The fraction of sp³-hybridized carbons (Fsp3) is 0.385. The topological polar surface area (TPSA) is 40.6 Å². The summed E-state index contributed by atoms with van der Waals surface area (Å²) in [5, 5.41) is 0. The lowest BCUT2D eigenvalue weighted by atomic mass is 10.0. The summed E-state index contributed by atoms with van der Waals surface area (Å²) in [4.78, 5) is 31.0. The van der Waals surface area contributed by atoms with Gasteiger partial charge in [0.15, 0.2) is 0 Å². The van der Waals surface area contributed by atoms with Gasteiger partial charge < -0.3 is 4.90 Å². The molecule has 2 aliphatic rings. The van der Waals surface area contributed by atoms with Crippen molar-refractivity contribution in [3.63, 3.8) is 0 Å². The number of hydrogen-bond donors (Lipinski definition) is 0. The molecule has 1 aliphatic heterocycles. The molecule has 2 aromatic carbocycles. The molecule has 0 aromatic heterocycles. The first-order valence-corrected chi connectivity index (χ1v) is 11.1. The van der Waals surface area contributed by atoms with Crippen LogP contribution in [0.15, 0.2) is 60.3 Å². The van der Waals surface area contributed by atoms with E-state index in [0.717, 1.165) is 42.5 Å². The first-order valence-electron chi connectivity index (χ1n) is 11.1. The molecule has 0 saturated heterocycles. The molecule has 1 heterocycles. The maximum Gasteiger partial charge on any atom is 0.278 e. The molecule has 0 bridgehead atoms. The van der Waals surface area contributed by atoms with E-state index in [2.05, 4.69) is 0 Å². The molecule has 1 saturated carbocycles. The van der Waals surface area contributed by atoms with Gasteiger partial charge >= 0.3 is 0 Å². The number of para-hydroxylation sites is 1. The van der Waals surface area contributed by atoms with Crippen LogP contribution in [-0.4, -0.2) is 29.3 Å². The maximum absolute atomic E-state index is 13.8. The van der Waals surface area contributed by atoms with Crippen molar-refractivity contribution in [2.45, 2.75) is 58.4 Å². The zero-order chi connectivity index (χ0) is 21.1. The summed E-state index contributed by atoms with van der Waals surface area (Å²) in [6.45, 7) is 4.67. The molecule has 0 radical (unpaired) electrons. The predicted molar refractivity (Wildman–Crippen MR) is 121 cm³/mol. The fourth-order valence-corrected chi connectivity index (χ4v) is 4.69. The van der Waals surface area contributed by atoms with Crippen LogP contribution in [0, 0.1) is 6.92 Å². The van der Waals surface area contributed by atoms with Crippen molar-refractivity contribution in [2.75, 3.05) is 11.4 Å². The summed E-state index contributed by atoms with van der Waals surface area (Å²) in [6, 6.07) is 17.8. The van der Waals surface area contributed by atoms with Crippen molar-refractivity contribution in [3.8, 4) is 0 Å². The van der Waals surface area contributed by atoms with E-state index in [9.17, 15) is 9.59 Å². The van der Waals surface area contributed by atoms with Crippen LogP contribution in [0.5, 0.6) is 0 Å². The predicted octanol–water partition coefficient (Wildman–Crippen LogP) is 5.32. The van der Waals surface area contributed by atoms with Crippen LogP contribution in [0.25, 0.3) is 5.57 Å². The van der Waals surface area contributed by atoms with Crippen LogP contribution in [0.2, 0.25) is 0 Å². The molecule has 0 N–H and O–H groups in total. The SMILES string of the molecule is CCN(C1=C(c2ccc(C)cc2)C(=O)N(C2CCCCCC2)C1=O)c1ccccc1. The van der Waals surface area contributed by atoms with Crippen molar-refractivity contribution in [3.05, 3.63) is 71.4 Å². The Kier molecular flexibility index (Phi) is 6.03. The van der Waals surface area contributed by atoms with E-state index in [-0.39, 0.29) is 17.9 Å². The van der Waals surface area contributed by atoms with Crippen LogP contribution in [0.4, 0.5) is 5.69 Å². The number of rotatable bonds is 5. The Labute approximate surface area is 179 Å². The molecule has 4 heteroatoms. The van der Waals surface area contributed by atoms with Gasteiger partial charge in [-0.1, -0.05) is 73.7 Å². The van der Waals surface area contributed by atoms with Gasteiger partial charge in [-0.15, -0.1) is 0 Å². The van der Waals surface area contributed by atoms with Crippen molar-refractivity contribution >= 4 is 23.1 Å². The smallest absolute Gasteiger partial charge is 0.278 e. The minimum Gasteiger partial charge on any atom is -0.337 e. The van der Waals surface area contributed by atoms with Gasteiger partial charge in [-0.25, -0.2) is 0 Å².